The van der Waals surface area contributed by atoms with E-state index < -0.39 is 0 Å². The van der Waals surface area contributed by atoms with E-state index in [4.69, 9.17) is 4.74 Å². The first-order chi connectivity index (χ1) is 4.99. The maximum Gasteiger partial charge on any atom is 0.0841 e. The van der Waals surface area contributed by atoms with Crippen LogP contribution in [0.1, 0.15) is 40.0 Å². The quantitative estimate of drug-likeness (QED) is 0.629. The smallest absolute Gasteiger partial charge is 0.0841 e. The highest BCUT2D eigenvalue weighted by molar-refractivity contribution is 4.79. The fourth-order valence-corrected chi connectivity index (χ4v) is 1.50. The molecule has 0 aromatic heterocycles. The third-order valence-corrected chi connectivity index (χ3v) is 1.92. The largest absolute Gasteiger partial charge is 0.390 e. The van der Waals surface area contributed by atoms with E-state index in [0.717, 1.165) is 19.3 Å². The van der Waals surface area contributed by atoms with Gasteiger partial charge in [0, 0.05) is 0 Å². The Hall–Kier alpha value is -0.0800. The SMILES string of the molecule is CC(C)(C)O[C@@H]1CCC[C@H]1O. The molecule has 0 spiro atoms. The van der Waals surface area contributed by atoms with Gasteiger partial charge in [0.05, 0.1) is 17.8 Å². The Balaban J connectivity index is 2.37. The van der Waals surface area contributed by atoms with Crippen LogP contribution in [0.2, 0.25) is 0 Å². The average Bonchev–Trinajstić information content (AvgIpc) is 2.12. The summed E-state index contributed by atoms with van der Waals surface area (Å²) in [5.74, 6) is 0. The van der Waals surface area contributed by atoms with Crippen LogP contribution >= 0.6 is 0 Å². The maximum atomic E-state index is 9.43. The second-order valence-corrected chi connectivity index (χ2v) is 4.27. The van der Waals surface area contributed by atoms with Gasteiger partial charge in [-0.1, -0.05) is 0 Å². The molecule has 0 saturated heterocycles. The van der Waals surface area contributed by atoms with Crippen LogP contribution in [0.15, 0.2) is 0 Å². The summed E-state index contributed by atoms with van der Waals surface area (Å²) in [7, 11) is 0. The fraction of sp³-hybridized carbons (Fsp3) is 1.00. The Morgan fingerprint density at radius 3 is 2.27 bits per heavy atom. The van der Waals surface area contributed by atoms with Gasteiger partial charge in [0.2, 0.25) is 0 Å². The van der Waals surface area contributed by atoms with Crippen LogP contribution in [0.4, 0.5) is 0 Å². The zero-order valence-corrected chi connectivity index (χ0v) is 7.63. The molecule has 0 aromatic rings. The standard InChI is InChI=1S/C9H18O2/c1-9(2,3)11-8-6-4-5-7(8)10/h7-8,10H,4-6H2,1-3H3/t7-,8-/m1/s1. The minimum atomic E-state index is -0.228. The Morgan fingerprint density at radius 1 is 1.27 bits per heavy atom. The van der Waals surface area contributed by atoms with Crippen LogP contribution in [-0.4, -0.2) is 22.9 Å². The zero-order chi connectivity index (χ0) is 8.48. The summed E-state index contributed by atoms with van der Waals surface area (Å²) in [5.41, 5.74) is -0.115. The van der Waals surface area contributed by atoms with Crippen molar-refractivity contribution < 1.29 is 9.84 Å². The summed E-state index contributed by atoms with van der Waals surface area (Å²) in [4.78, 5) is 0. The molecule has 0 unspecified atom stereocenters. The van der Waals surface area contributed by atoms with Crippen LogP contribution < -0.4 is 0 Å². The highest BCUT2D eigenvalue weighted by Gasteiger charge is 2.29. The summed E-state index contributed by atoms with van der Waals surface area (Å²) in [6, 6.07) is 0. The van der Waals surface area contributed by atoms with E-state index in [1.165, 1.54) is 0 Å². The fourth-order valence-electron chi connectivity index (χ4n) is 1.50. The van der Waals surface area contributed by atoms with E-state index in [2.05, 4.69) is 0 Å². The van der Waals surface area contributed by atoms with Crippen molar-refractivity contribution in [1.82, 2.24) is 0 Å². The zero-order valence-electron chi connectivity index (χ0n) is 7.63. The molecule has 0 bridgehead atoms. The first kappa shape index (κ1) is 9.01. The number of aliphatic hydroxyl groups excluding tert-OH is 1. The van der Waals surface area contributed by atoms with E-state index >= 15 is 0 Å². The Kier molecular flexibility index (Phi) is 2.55. The van der Waals surface area contributed by atoms with Crippen molar-refractivity contribution in [2.45, 2.75) is 57.8 Å². The van der Waals surface area contributed by atoms with Gasteiger partial charge in [0.1, 0.15) is 0 Å². The van der Waals surface area contributed by atoms with Gasteiger partial charge in [-0.15, -0.1) is 0 Å². The first-order valence-electron chi connectivity index (χ1n) is 4.35. The molecule has 1 aliphatic carbocycles. The third kappa shape index (κ3) is 2.80. The number of hydrogen-bond donors (Lipinski definition) is 1. The van der Waals surface area contributed by atoms with Gasteiger partial charge in [-0.25, -0.2) is 0 Å². The predicted molar refractivity (Wildman–Crippen MR) is 44.5 cm³/mol. The Morgan fingerprint density at radius 2 is 1.91 bits per heavy atom. The Labute approximate surface area is 68.6 Å². The molecule has 1 fully saturated rings. The summed E-state index contributed by atoms with van der Waals surface area (Å²) in [6.45, 7) is 6.08. The summed E-state index contributed by atoms with van der Waals surface area (Å²) in [6.07, 6.45) is 2.87. The van der Waals surface area contributed by atoms with Crippen molar-refractivity contribution in [3.63, 3.8) is 0 Å². The number of ether oxygens (including phenoxy) is 1. The van der Waals surface area contributed by atoms with E-state index in [1.54, 1.807) is 0 Å². The van der Waals surface area contributed by atoms with Gasteiger partial charge < -0.3 is 9.84 Å². The van der Waals surface area contributed by atoms with E-state index in [0.29, 0.717) is 0 Å². The molecule has 0 radical (unpaired) electrons. The van der Waals surface area contributed by atoms with Crippen molar-refractivity contribution in [2.75, 3.05) is 0 Å². The average molecular weight is 158 g/mol. The van der Waals surface area contributed by atoms with E-state index in [-0.39, 0.29) is 17.8 Å². The molecule has 0 aliphatic heterocycles. The van der Waals surface area contributed by atoms with Crippen molar-refractivity contribution in [3.8, 4) is 0 Å². The predicted octanol–water partition coefficient (Wildman–Crippen LogP) is 1.71. The lowest BCUT2D eigenvalue weighted by Crippen LogP contribution is -2.32. The van der Waals surface area contributed by atoms with Crippen molar-refractivity contribution in [1.29, 1.82) is 0 Å². The maximum absolute atomic E-state index is 9.43. The van der Waals surface area contributed by atoms with Crippen molar-refractivity contribution in [3.05, 3.63) is 0 Å². The summed E-state index contributed by atoms with van der Waals surface area (Å²) in [5, 5.41) is 9.43. The van der Waals surface area contributed by atoms with Crippen LogP contribution in [0.5, 0.6) is 0 Å². The summed E-state index contributed by atoms with van der Waals surface area (Å²) < 4.78 is 5.66. The van der Waals surface area contributed by atoms with Gasteiger partial charge >= 0.3 is 0 Å². The van der Waals surface area contributed by atoms with Gasteiger partial charge in [-0.05, 0) is 40.0 Å². The molecule has 66 valence electrons. The molecule has 2 atom stereocenters. The molecule has 1 N–H and O–H groups in total. The topological polar surface area (TPSA) is 29.5 Å². The molecular weight excluding hydrogens is 140 g/mol. The number of aliphatic hydroxyl groups is 1. The van der Waals surface area contributed by atoms with Crippen molar-refractivity contribution in [2.24, 2.45) is 0 Å². The molecule has 1 rings (SSSR count). The van der Waals surface area contributed by atoms with Crippen LogP contribution in [0.3, 0.4) is 0 Å². The minimum absolute atomic E-state index is 0.0787. The molecule has 1 saturated carbocycles. The highest BCUT2D eigenvalue weighted by Crippen LogP contribution is 2.25. The second-order valence-electron chi connectivity index (χ2n) is 4.27. The lowest BCUT2D eigenvalue weighted by Gasteiger charge is -2.26. The molecule has 0 aromatic carbocycles. The molecule has 2 heteroatoms. The van der Waals surface area contributed by atoms with E-state index in [1.807, 2.05) is 20.8 Å². The van der Waals surface area contributed by atoms with Crippen LogP contribution in [0.25, 0.3) is 0 Å². The molecular formula is C9H18O2. The molecule has 2 nitrogen and oxygen atoms in total. The van der Waals surface area contributed by atoms with Gasteiger partial charge in [-0.3, -0.25) is 0 Å². The van der Waals surface area contributed by atoms with Crippen molar-refractivity contribution >= 4 is 0 Å². The molecule has 11 heavy (non-hydrogen) atoms. The molecule has 0 amide bonds. The molecule has 0 heterocycles. The third-order valence-electron chi connectivity index (χ3n) is 1.92. The second kappa shape index (κ2) is 3.11. The highest BCUT2D eigenvalue weighted by atomic mass is 16.5. The van der Waals surface area contributed by atoms with E-state index in [9.17, 15) is 5.11 Å². The molecule has 1 aliphatic rings. The minimum Gasteiger partial charge on any atom is -0.390 e. The van der Waals surface area contributed by atoms with Gasteiger partial charge in [0.15, 0.2) is 0 Å². The monoisotopic (exact) mass is 158 g/mol. The number of rotatable bonds is 1. The van der Waals surface area contributed by atoms with Gasteiger partial charge in [0.25, 0.3) is 0 Å². The lowest BCUT2D eigenvalue weighted by molar-refractivity contribution is -0.0974. The number of hydrogen-bond acceptors (Lipinski definition) is 2. The summed E-state index contributed by atoms with van der Waals surface area (Å²) >= 11 is 0. The van der Waals surface area contributed by atoms with Gasteiger partial charge in [-0.2, -0.15) is 0 Å². The van der Waals surface area contributed by atoms with Crippen LogP contribution in [0, 0.1) is 0 Å². The Bertz CT molecular complexity index is 126. The van der Waals surface area contributed by atoms with Crippen LogP contribution in [-0.2, 0) is 4.74 Å². The first-order valence-corrected chi connectivity index (χ1v) is 4.35. The normalized spacial score (nSPS) is 32.7. The lowest BCUT2D eigenvalue weighted by atomic mass is 10.1.